The average Bonchev–Trinajstić information content (AvgIpc) is 3.56. The number of nitrogens with one attached hydrogen (secondary N) is 1. The Morgan fingerprint density at radius 3 is 2.48 bits per heavy atom. The predicted octanol–water partition coefficient (Wildman–Crippen LogP) is 3.42. The molecule has 0 aliphatic heterocycles. The van der Waals surface area contributed by atoms with Crippen molar-refractivity contribution in [1.82, 2.24) is 19.9 Å². The molecule has 4 aromatic rings. The molecule has 1 fully saturated rings. The monoisotopic (exact) mass is 461 g/mol. The summed E-state index contributed by atoms with van der Waals surface area (Å²) in [5, 5.41) is 6.97. The Morgan fingerprint density at radius 1 is 1.09 bits per heavy atom. The van der Waals surface area contributed by atoms with E-state index in [4.69, 9.17) is 0 Å². The number of carbonyl (C=O) groups is 1. The molecular weight excluding hydrogens is 438 g/mol. The van der Waals surface area contributed by atoms with Gasteiger partial charge in [0.05, 0.1) is 16.6 Å². The van der Waals surface area contributed by atoms with Crippen molar-refractivity contribution < 1.29 is 13.2 Å². The van der Waals surface area contributed by atoms with Gasteiger partial charge in [0.1, 0.15) is 5.82 Å². The number of pyridine rings is 2. The number of amides is 1. The number of rotatable bonds is 6. The van der Waals surface area contributed by atoms with Crippen LogP contribution in [0.3, 0.4) is 0 Å². The van der Waals surface area contributed by atoms with Crippen LogP contribution in [0.2, 0.25) is 0 Å². The molecule has 3 aromatic heterocycles. The average molecular weight is 462 g/mol. The number of sulfonamides is 1. The molecule has 1 saturated carbocycles. The van der Waals surface area contributed by atoms with Crippen molar-refractivity contribution in [3.8, 4) is 11.1 Å². The van der Waals surface area contributed by atoms with Crippen molar-refractivity contribution in [2.24, 2.45) is 0 Å². The summed E-state index contributed by atoms with van der Waals surface area (Å²) in [6, 6.07) is 13.9. The molecule has 0 bridgehead atoms. The van der Waals surface area contributed by atoms with E-state index in [1.807, 2.05) is 25.1 Å². The SMILES string of the molecule is CNC(=O)c1ccc(-c2cnn3ccc(S(=O)(=O)N(c4ccc(C)cn4)C4CC4)cc23)cc1. The molecule has 1 aliphatic rings. The summed E-state index contributed by atoms with van der Waals surface area (Å²) in [5.41, 5.74) is 3.80. The summed E-state index contributed by atoms with van der Waals surface area (Å²) in [6.07, 6.45) is 6.65. The molecule has 1 amide bonds. The van der Waals surface area contributed by atoms with Crippen LogP contribution in [0.5, 0.6) is 0 Å². The number of anilines is 1. The van der Waals surface area contributed by atoms with Crippen LogP contribution in [0.1, 0.15) is 28.8 Å². The molecule has 1 aliphatic carbocycles. The standard InChI is InChI=1S/C24H23N5O3S/c1-16-3-10-23(26-14-16)29(19-8-9-19)33(31,32)20-11-12-28-22(13-20)21(15-27-28)17-4-6-18(7-5-17)24(30)25-2/h3-7,10-15,19H,8-9H2,1-2H3,(H,25,30). The largest absolute Gasteiger partial charge is 0.355 e. The Morgan fingerprint density at radius 2 is 1.85 bits per heavy atom. The van der Waals surface area contributed by atoms with Gasteiger partial charge in [-0.3, -0.25) is 4.79 Å². The Balaban J connectivity index is 1.56. The molecule has 9 heteroatoms. The van der Waals surface area contributed by atoms with Gasteiger partial charge < -0.3 is 5.32 Å². The number of aryl methyl sites for hydroxylation is 1. The first-order valence-electron chi connectivity index (χ1n) is 10.7. The fourth-order valence-electron chi connectivity index (χ4n) is 3.81. The van der Waals surface area contributed by atoms with Crippen LogP contribution < -0.4 is 9.62 Å². The quantitative estimate of drug-likeness (QED) is 0.475. The number of nitrogens with zero attached hydrogens (tertiary/aromatic N) is 4. The highest BCUT2D eigenvalue weighted by molar-refractivity contribution is 7.92. The van der Waals surface area contributed by atoms with Gasteiger partial charge in [-0.15, -0.1) is 0 Å². The number of aromatic nitrogens is 3. The Labute approximate surface area is 191 Å². The van der Waals surface area contributed by atoms with Gasteiger partial charge >= 0.3 is 0 Å². The second-order valence-electron chi connectivity index (χ2n) is 8.13. The number of hydrogen-bond acceptors (Lipinski definition) is 5. The lowest BCUT2D eigenvalue weighted by Gasteiger charge is -2.23. The Bertz CT molecular complexity index is 1440. The molecule has 0 saturated heterocycles. The van der Waals surface area contributed by atoms with Crippen LogP contribution in [0.25, 0.3) is 16.6 Å². The van der Waals surface area contributed by atoms with Crippen molar-refractivity contribution in [2.45, 2.75) is 30.7 Å². The maximum absolute atomic E-state index is 13.7. The third-order valence-electron chi connectivity index (χ3n) is 5.74. The first-order valence-corrected chi connectivity index (χ1v) is 12.1. The van der Waals surface area contributed by atoms with Gasteiger partial charge in [-0.2, -0.15) is 5.10 Å². The zero-order valence-corrected chi connectivity index (χ0v) is 19.1. The second-order valence-corrected chi connectivity index (χ2v) is 9.95. The van der Waals surface area contributed by atoms with Gasteiger partial charge in [-0.25, -0.2) is 22.2 Å². The van der Waals surface area contributed by atoms with Crippen LogP contribution in [0.15, 0.2) is 72.0 Å². The van der Waals surface area contributed by atoms with Gasteiger partial charge in [-0.1, -0.05) is 18.2 Å². The molecular formula is C24H23N5O3S. The number of fused-ring (bicyclic) bond motifs is 1. The van der Waals surface area contributed by atoms with Crippen LogP contribution in [-0.2, 0) is 10.0 Å². The molecule has 1 N–H and O–H groups in total. The first-order chi connectivity index (χ1) is 15.9. The van der Waals surface area contributed by atoms with Gasteiger partial charge in [0.2, 0.25) is 0 Å². The third-order valence-corrected chi connectivity index (χ3v) is 7.59. The Hall–Kier alpha value is -3.72. The fourth-order valence-corrected chi connectivity index (χ4v) is 5.49. The summed E-state index contributed by atoms with van der Waals surface area (Å²) < 4.78 is 30.4. The molecule has 1 aromatic carbocycles. The molecule has 0 unspecified atom stereocenters. The summed E-state index contributed by atoms with van der Waals surface area (Å²) in [7, 11) is -2.23. The number of benzene rings is 1. The topological polar surface area (TPSA) is 96.7 Å². The van der Waals surface area contributed by atoms with E-state index in [0.717, 1.165) is 29.5 Å². The summed E-state index contributed by atoms with van der Waals surface area (Å²) >= 11 is 0. The van der Waals surface area contributed by atoms with E-state index in [-0.39, 0.29) is 16.8 Å². The van der Waals surface area contributed by atoms with Crippen molar-refractivity contribution in [3.05, 3.63) is 78.2 Å². The molecule has 0 radical (unpaired) electrons. The van der Waals surface area contributed by atoms with Gasteiger partial charge in [0.15, 0.2) is 0 Å². The minimum absolute atomic E-state index is 0.0805. The highest BCUT2D eigenvalue weighted by Crippen LogP contribution is 2.36. The number of carbonyl (C=O) groups excluding carboxylic acids is 1. The lowest BCUT2D eigenvalue weighted by atomic mass is 10.1. The summed E-state index contributed by atoms with van der Waals surface area (Å²) in [6.45, 7) is 1.92. The highest BCUT2D eigenvalue weighted by Gasteiger charge is 2.39. The predicted molar refractivity (Wildman–Crippen MR) is 126 cm³/mol. The van der Waals surface area contributed by atoms with Gasteiger partial charge in [0.25, 0.3) is 15.9 Å². The van der Waals surface area contributed by atoms with E-state index in [2.05, 4.69) is 15.4 Å². The maximum atomic E-state index is 13.7. The normalized spacial score (nSPS) is 13.8. The van der Waals surface area contributed by atoms with Crippen LogP contribution in [0.4, 0.5) is 5.82 Å². The molecule has 8 nitrogen and oxygen atoms in total. The van der Waals surface area contributed by atoms with Crippen molar-refractivity contribution >= 4 is 27.3 Å². The zero-order valence-electron chi connectivity index (χ0n) is 18.3. The van der Waals surface area contributed by atoms with Gasteiger partial charge in [-0.05, 0) is 61.2 Å². The molecule has 0 atom stereocenters. The zero-order chi connectivity index (χ0) is 23.2. The molecule has 0 spiro atoms. The Kier molecular flexibility index (Phi) is 5.13. The van der Waals surface area contributed by atoms with E-state index in [0.29, 0.717) is 16.9 Å². The van der Waals surface area contributed by atoms with Gasteiger partial charge in [0, 0.05) is 36.6 Å². The van der Waals surface area contributed by atoms with E-state index < -0.39 is 10.0 Å². The van der Waals surface area contributed by atoms with Crippen LogP contribution in [0, 0.1) is 6.92 Å². The molecule has 5 rings (SSSR count). The molecule has 3 heterocycles. The first kappa shape index (κ1) is 21.1. The van der Waals surface area contributed by atoms with E-state index in [1.165, 1.54) is 4.31 Å². The highest BCUT2D eigenvalue weighted by atomic mass is 32.2. The third kappa shape index (κ3) is 3.84. The summed E-state index contributed by atoms with van der Waals surface area (Å²) in [5.74, 6) is 0.265. The fraction of sp³-hybridized carbons (Fsp3) is 0.208. The number of hydrogen-bond donors (Lipinski definition) is 1. The van der Waals surface area contributed by atoms with Crippen molar-refractivity contribution in [3.63, 3.8) is 0 Å². The molecule has 33 heavy (non-hydrogen) atoms. The van der Waals surface area contributed by atoms with Crippen molar-refractivity contribution in [1.29, 1.82) is 0 Å². The second kappa shape index (κ2) is 8.00. The van der Waals surface area contributed by atoms with Crippen molar-refractivity contribution in [2.75, 3.05) is 11.4 Å². The lowest BCUT2D eigenvalue weighted by Crippen LogP contribution is -2.33. The molecule has 168 valence electrons. The smallest absolute Gasteiger partial charge is 0.265 e. The lowest BCUT2D eigenvalue weighted by molar-refractivity contribution is 0.0963. The summed E-state index contributed by atoms with van der Waals surface area (Å²) in [4.78, 5) is 16.4. The van der Waals surface area contributed by atoms with E-state index in [9.17, 15) is 13.2 Å². The van der Waals surface area contributed by atoms with Crippen LogP contribution in [-0.4, -0.2) is 42.0 Å². The maximum Gasteiger partial charge on any atom is 0.265 e. The van der Waals surface area contributed by atoms with E-state index >= 15 is 0 Å². The van der Waals surface area contributed by atoms with Crippen LogP contribution >= 0.6 is 0 Å². The van der Waals surface area contributed by atoms with E-state index in [1.54, 1.807) is 60.5 Å². The minimum atomic E-state index is -3.82. The minimum Gasteiger partial charge on any atom is -0.355 e.